The molecule has 2 nitrogen and oxygen atoms in total. The molecule has 1 aliphatic rings. The number of hydrogen-bond acceptors (Lipinski definition) is 3. The van der Waals surface area contributed by atoms with E-state index in [-0.39, 0.29) is 11.6 Å². The van der Waals surface area contributed by atoms with Crippen LogP contribution in [0.5, 0.6) is 0 Å². The van der Waals surface area contributed by atoms with E-state index in [1.54, 1.807) is 11.3 Å². The van der Waals surface area contributed by atoms with Gasteiger partial charge in [0, 0.05) is 27.5 Å². The maximum absolute atomic E-state index is 6.27. The van der Waals surface area contributed by atoms with Crippen molar-refractivity contribution >= 4 is 27.3 Å². The summed E-state index contributed by atoms with van der Waals surface area (Å²) in [7, 11) is 0. The lowest BCUT2D eigenvalue weighted by molar-refractivity contribution is 0.118. The zero-order valence-corrected chi connectivity index (χ0v) is 12.4. The lowest BCUT2D eigenvalue weighted by atomic mass is 10.0. The zero-order chi connectivity index (χ0) is 11.9. The molecule has 1 aliphatic heterocycles. The van der Waals surface area contributed by atoms with Crippen molar-refractivity contribution in [2.45, 2.75) is 44.8 Å². The van der Waals surface area contributed by atoms with E-state index in [0.29, 0.717) is 6.04 Å². The van der Waals surface area contributed by atoms with E-state index in [2.05, 4.69) is 53.0 Å². The third kappa shape index (κ3) is 2.21. The normalized spacial score (nSPS) is 27.6. The van der Waals surface area contributed by atoms with Gasteiger partial charge in [-0.05, 0) is 54.6 Å². The fraction of sp³-hybridized carbons (Fsp3) is 0.667. The molecule has 90 valence electrons. The highest BCUT2D eigenvalue weighted by Gasteiger charge is 2.40. The van der Waals surface area contributed by atoms with Gasteiger partial charge in [-0.1, -0.05) is 0 Å². The van der Waals surface area contributed by atoms with E-state index in [0.717, 1.165) is 13.0 Å². The van der Waals surface area contributed by atoms with E-state index < -0.39 is 0 Å². The summed E-state index contributed by atoms with van der Waals surface area (Å²) in [5.41, 5.74) is 6.45. The molecule has 2 rings (SSSR count). The van der Waals surface area contributed by atoms with Crippen LogP contribution in [0.4, 0.5) is 0 Å². The van der Waals surface area contributed by atoms with E-state index in [9.17, 15) is 0 Å². The second-order valence-electron chi connectivity index (χ2n) is 5.39. The van der Waals surface area contributed by atoms with Crippen LogP contribution in [-0.2, 0) is 0 Å². The summed E-state index contributed by atoms with van der Waals surface area (Å²) < 4.78 is 1.20. The van der Waals surface area contributed by atoms with Gasteiger partial charge in [-0.15, -0.1) is 11.3 Å². The van der Waals surface area contributed by atoms with E-state index in [1.807, 2.05) is 0 Å². The SMILES string of the molecule is CC(C)(C)N1CCC(N)C1c1sccc1Br. The summed E-state index contributed by atoms with van der Waals surface area (Å²) in [5, 5.41) is 2.13. The summed E-state index contributed by atoms with van der Waals surface area (Å²) in [4.78, 5) is 3.90. The summed E-state index contributed by atoms with van der Waals surface area (Å²) in [6.45, 7) is 7.89. The van der Waals surface area contributed by atoms with Gasteiger partial charge in [-0.3, -0.25) is 4.90 Å². The summed E-state index contributed by atoms with van der Waals surface area (Å²) in [5.74, 6) is 0. The van der Waals surface area contributed by atoms with Crippen molar-refractivity contribution in [2.24, 2.45) is 5.73 Å². The Morgan fingerprint density at radius 2 is 2.19 bits per heavy atom. The maximum Gasteiger partial charge on any atom is 0.0609 e. The number of rotatable bonds is 1. The van der Waals surface area contributed by atoms with Gasteiger partial charge in [-0.25, -0.2) is 0 Å². The van der Waals surface area contributed by atoms with Gasteiger partial charge >= 0.3 is 0 Å². The molecule has 0 spiro atoms. The molecular weight excluding hydrogens is 284 g/mol. The van der Waals surface area contributed by atoms with Gasteiger partial charge in [0.05, 0.1) is 6.04 Å². The largest absolute Gasteiger partial charge is 0.326 e. The summed E-state index contributed by atoms with van der Waals surface area (Å²) in [6, 6.07) is 2.75. The minimum absolute atomic E-state index is 0.183. The van der Waals surface area contributed by atoms with Crippen LogP contribution < -0.4 is 5.73 Å². The number of hydrogen-bond donors (Lipinski definition) is 1. The average Bonchev–Trinajstić information content (AvgIpc) is 2.70. The second kappa shape index (κ2) is 4.41. The molecule has 4 heteroatoms. The Labute approximate surface area is 110 Å². The molecule has 1 aromatic heterocycles. The summed E-state index contributed by atoms with van der Waals surface area (Å²) >= 11 is 5.43. The van der Waals surface area contributed by atoms with Crippen LogP contribution in [0, 0.1) is 0 Å². The molecule has 1 fully saturated rings. The van der Waals surface area contributed by atoms with Crippen molar-refractivity contribution in [3.8, 4) is 0 Å². The number of nitrogens with two attached hydrogens (primary N) is 1. The van der Waals surface area contributed by atoms with Crippen molar-refractivity contribution in [3.63, 3.8) is 0 Å². The van der Waals surface area contributed by atoms with Crippen molar-refractivity contribution in [1.82, 2.24) is 4.90 Å². The highest BCUT2D eigenvalue weighted by molar-refractivity contribution is 9.10. The van der Waals surface area contributed by atoms with Crippen LogP contribution in [0.1, 0.15) is 38.1 Å². The monoisotopic (exact) mass is 302 g/mol. The molecule has 0 bridgehead atoms. The minimum Gasteiger partial charge on any atom is -0.326 e. The van der Waals surface area contributed by atoms with Crippen LogP contribution >= 0.6 is 27.3 Å². The lowest BCUT2D eigenvalue weighted by Crippen LogP contribution is -2.43. The number of thiophene rings is 1. The topological polar surface area (TPSA) is 29.3 Å². The van der Waals surface area contributed by atoms with Crippen molar-refractivity contribution in [1.29, 1.82) is 0 Å². The highest BCUT2D eigenvalue weighted by Crippen LogP contribution is 2.41. The molecule has 1 aromatic rings. The van der Waals surface area contributed by atoms with E-state index in [4.69, 9.17) is 5.73 Å². The molecule has 16 heavy (non-hydrogen) atoms. The highest BCUT2D eigenvalue weighted by atomic mass is 79.9. The minimum atomic E-state index is 0.183. The predicted octanol–water partition coefficient (Wildman–Crippen LogP) is 3.38. The Morgan fingerprint density at radius 3 is 2.69 bits per heavy atom. The standard InChI is InChI=1S/C12H19BrN2S/c1-12(2,3)15-6-4-9(14)10(15)11-8(13)5-7-16-11/h5,7,9-10H,4,6,14H2,1-3H3. The first kappa shape index (κ1) is 12.6. The van der Waals surface area contributed by atoms with Crippen LogP contribution in [0.15, 0.2) is 15.9 Å². The molecule has 0 saturated carbocycles. The Bertz CT molecular complexity index is 369. The molecular formula is C12H19BrN2S. The molecule has 0 aliphatic carbocycles. The van der Waals surface area contributed by atoms with E-state index >= 15 is 0 Å². The van der Waals surface area contributed by atoms with Crippen LogP contribution in [-0.4, -0.2) is 23.0 Å². The molecule has 0 radical (unpaired) electrons. The first-order valence-corrected chi connectivity index (χ1v) is 7.34. The zero-order valence-electron chi connectivity index (χ0n) is 10.0. The predicted molar refractivity (Wildman–Crippen MR) is 73.8 cm³/mol. The molecule has 2 heterocycles. The van der Waals surface area contributed by atoms with Crippen molar-refractivity contribution in [2.75, 3.05) is 6.54 Å². The molecule has 0 amide bonds. The molecule has 2 N–H and O–H groups in total. The van der Waals surface area contributed by atoms with Gasteiger partial charge in [-0.2, -0.15) is 0 Å². The maximum atomic E-state index is 6.27. The second-order valence-corrected chi connectivity index (χ2v) is 7.20. The first-order valence-electron chi connectivity index (χ1n) is 5.66. The fourth-order valence-electron chi connectivity index (χ4n) is 2.42. The van der Waals surface area contributed by atoms with Gasteiger partial charge in [0.1, 0.15) is 0 Å². The van der Waals surface area contributed by atoms with Crippen LogP contribution in [0.3, 0.4) is 0 Å². The van der Waals surface area contributed by atoms with Gasteiger partial charge in [0.25, 0.3) is 0 Å². The third-order valence-corrected chi connectivity index (χ3v) is 5.16. The van der Waals surface area contributed by atoms with Gasteiger partial charge in [0.15, 0.2) is 0 Å². The Morgan fingerprint density at radius 1 is 1.50 bits per heavy atom. The average molecular weight is 303 g/mol. The van der Waals surface area contributed by atoms with Crippen molar-refractivity contribution < 1.29 is 0 Å². The van der Waals surface area contributed by atoms with Crippen LogP contribution in [0.25, 0.3) is 0 Å². The van der Waals surface area contributed by atoms with Crippen molar-refractivity contribution in [3.05, 3.63) is 20.8 Å². The first-order chi connectivity index (χ1) is 7.41. The molecule has 0 aromatic carbocycles. The molecule has 2 unspecified atom stereocenters. The summed E-state index contributed by atoms with van der Waals surface area (Å²) in [6.07, 6.45) is 1.09. The smallest absolute Gasteiger partial charge is 0.0609 e. The Kier molecular flexibility index (Phi) is 3.46. The third-order valence-electron chi connectivity index (χ3n) is 3.22. The Balaban J connectivity index is 2.34. The van der Waals surface area contributed by atoms with Gasteiger partial charge in [0.2, 0.25) is 0 Å². The molecule has 1 saturated heterocycles. The quantitative estimate of drug-likeness (QED) is 0.862. The fourth-order valence-corrected chi connectivity index (χ4v) is 4.22. The number of halogens is 1. The number of nitrogens with zero attached hydrogens (tertiary/aromatic N) is 1. The lowest BCUT2D eigenvalue weighted by Gasteiger charge is -2.37. The Hall–Kier alpha value is 0.100. The van der Waals surface area contributed by atoms with Crippen LogP contribution in [0.2, 0.25) is 0 Å². The van der Waals surface area contributed by atoms with Gasteiger partial charge < -0.3 is 5.73 Å². The molecule has 2 atom stereocenters. The number of likely N-dealkylation sites (tertiary alicyclic amines) is 1. The van der Waals surface area contributed by atoms with E-state index in [1.165, 1.54) is 9.35 Å².